The van der Waals surface area contributed by atoms with Gasteiger partial charge in [-0.1, -0.05) is 25.5 Å². The zero-order chi connectivity index (χ0) is 13.5. The minimum absolute atomic E-state index is 0.0604. The molecule has 0 spiro atoms. The molecule has 1 aromatic rings. The third-order valence-electron chi connectivity index (χ3n) is 2.82. The number of carbonyl (C=O) groups excluding carboxylic acids is 1. The van der Waals surface area contributed by atoms with E-state index in [2.05, 4.69) is 5.32 Å². The molecule has 0 aliphatic rings. The van der Waals surface area contributed by atoms with Crippen molar-refractivity contribution in [3.05, 3.63) is 35.1 Å². The Bertz CT molecular complexity index is 407. The molecule has 0 aliphatic heterocycles. The van der Waals surface area contributed by atoms with Crippen LogP contribution in [0.3, 0.4) is 0 Å². The lowest BCUT2D eigenvalue weighted by Crippen LogP contribution is -2.28. The van der Waals surface area contributed by atoms with Crippen LogP contribution >= 0.6 is 0 Å². The van der Waals surface area contributed by atoms with Gasteiger partial charge >= 0.3 is 0 Å². The van der Waals surface area contributed by atoms with Crippen LogP contribution in [0, 0.1) is 12.7 Å². The van der Waals surface area contributed by atoms with Crippen molar-refractivity contribution in [3.63, 3.8) is 0 Å². The average Bonchev–Trinajstić information content (AvgIpc) is 2.36. The molecule has 0 fully saturated rings. The molecule has 18 heavy (non-hydrogen) atoms. The number of aliphatic hydroxyl groups excluding tert-OH is 1. The molecule has 0 bridgehead atoms. The van der Waals surface area contributed by atoms with Crippen molar-refractivity contribution in [2.45, 2.75) is 39.2 Å². The van der Waals surface area contributed by atoms with Crippen LogP contribution in [-0.4, -0.2) is 17.6 Å². The van der Waals surface area contributed by atoms with Gasteiger partial charge in [-0.3, -0.25) is 4.79 Å². The number of aliphatic hydroxyl groups is 1. The molecular weight excluding hydrogens is 233 g/mol. The molecule has 1 amide bonds. The van der Waals surface area contributed by atoms with E-state index < -0.39 is 6.10 Å². The standard InChI is InChI=1S/C14H20FNO2/c1-3-4-5-14(18)16-9-13(17)11-6-7-12(15)10(2)8-11/h6-8,13,17H,3-5,9H2,1-2H3,(H,16,18). The number of benzene rings is 1. The first-order valence-electron chi connectivity index (χ1n) is 6.25. The Hall–Kier alpha value is -1.42. The predicted molar refractivity (Wildman–Crippen MR) is 68.6 cm³/mol. The summed E-state index contributed by atoms with van der Waals surface area (Å²) < 4.78 is 13.1. The molecule has 4 heteroatoms. The van der Waals surface area contributed by atoms with Crippen LogP contribution in [0.15, 0.2) is 18.2 Å². The van der Waals surface area contributed by atoms with Crippen molar-refractivity contribution in [2.24, 2.45) is 0 Å². The molecule has 1 rings (SSSR count). The predicted octanol–water partition coefficient (Wildman–Crippen LogP) is 2.47. The Morgan fingerprint density at radius 3 is 2.83 bits per heavy atom. The van der Waals surface area contributed by atoms with Crippen LogP contribution in [0.1, 0.15) is 43.4 Å². The lowest BCUT2D eigenvalue weighted by molar-refractivity contribution is -0.121. The fraction of sp³-hybridized carbons (Fsp3) is 0.500. The minimum atomic E-state index is -0.796. The number of nitrogens with one attached hydrogen (secondary N) is 1. The Morgan fingerprint density at radius 1 is 1.50 bits per heavy atom. The summed E-state index contributed by atoms with van der Waals surface area (Å²) in [7, 11) is 0. The fourth-order valence-corrected chi connectivity index (χ4v) is 1.63. The number of hydrogen-bond donors (Lipinski definition) is 2. The van der Waals surface area contributed by atoms with Crippen LogP contribution < -0.4 is 5.32 Å². The Balaban J connectivity index is 2.47. The highest BCUT2D eigenvalue weighted by molar-refractivity contribution is 5.75. The summed E-state index contributed by atoms with van der Waals surface area (Å²) in [6.45, 7) is 3.82. The van der Waals surface area contributed by atoms with Gasteiger partial charge in [0, 0.05) is 13.0 Å². The smallest absolute Gasteiger partial charge is 0.220 e. The van der Waals surface area contributed by atoms with Crippen molar-refractivity contribution >= 4 is 5.91 Å². The molecule has 0 aromatic heterocycles. The molecule has 1 aromatic carbocycles. The van der Waals surface area contributed by atoms with Crippen molar-refractivity contribution < 1.29 is 14.3 Å². The topological polar surface area (TPSA) is 49.3 Å². The van der Waals surface area contributed by atoms with Crippen LogP contribution in [0.25, 0.3) is 0 Å². The van der Waals surface area contributed by atoms with E-state index in [9.17, 15) is 14.3 Å². The second-order valence-electron chi connectivity index (χ2n) is 4.43. The second-order valence-corrected chi connectivity index (χ2v) is 4.43. The van der Waals surface area contributed by atoms with Gasteiger partial charge in [-0.15, -0.1) is 0 Å². The molecule has 0 aliphatic carbocycles. The Morgan fingerprint density at radius 2 is 2.22 bits per heavy atom. The van der Waals surface area contributed by atoms with Gasteiger partial charge in [-0.05, 0) is 30.5 Å². The number of carbonyl (C=O) groups is 1. The molecule has 0 saturated carbocycles. The summed E-state index contributed by atoms with van der Waals surface area (Å²) in [4.78, 5) is 11.4. The number of halogens is 1. The first-order chi connectivity index (χ1) is 8.54. The third kappa shape index (κ3) is 4.45. The summed E-state index contributed by atoms with van der Waals surface area (Å²) in [5.74, 6) is -0.354. The zero-order valence-electron chi connectivity index (χ0n) is 10.9. The quantitative estimate of drug-likeness (QED) is 0.818. The number of hydrogen-bond acceptors (Lipinski definition) is 2. The maximum Gasteiger partial charge on any atom is 0.220 e. The lowest BCUT2D eigenvalue weighted by atomic mass is 10.1. The molecular formula is C14H20FNO2. The Labute approximate surface area is 107 Å². The van der Waals surface area contributed by atoms with E-state index in [-0.39, 0.29) is 18.3 Å². The lowest BCUT2D eigenvalue weighted by Gasteiger charge is -2.13. The largest absolute Gasteiger partial charge is 0.387 e. The van der Waals surface area contributed by atoms with Crippen molar-refractivity contribution in [2.75, 3.05) is 6.54 Å². The first kappa shape index (κ1) is 14.6. The number of aryl methyl sites for hydroxylation is 1. The van der Waals surface area contributed by atoms with Crippen molar-refractivity contribution in [1.29, 1.82) is 0 Å². The molecule has 2 N–H and O–H groups in total. The van der Waals surface area contributed by atoms with E-state index in [1.165, 1.54) is 12.1 Å². The third-order valence-corrected chi connectivity index (χ3v) is 2.82. The molecule has 0 radical (unpaired) electrons. The van der Waals surface area contributed by atoms with Crippen LogP contribution in [0.5, 0.6) is 0 Å². The van der Waals surface area contributed by atoms with E-state index >= 15 is 0 Å². The van der Waals surface area contributed by atoms with Gasteiger partial charge in [-0.2, -0.15) is 0 Å². The number of amides is 1. The molecule has 0 heterocycles. The summed E-state index contributed by atoms with van der Waals surface area (Å²) in [6, 6.07) is 4.45. The number of rotatable bonds is 6. The van der Waals surface area contributed by atoms with E-state index in [1.54, 1.807) is 13.0 Å². The van der Waals surface area contributed by atoms with E-state index in [0.717, 1.165) is 12.8 Å². The van der Waals surface area contributed by atoms with Crippen LogP contribution in [0.4, 0.5) is 4.39 Å². The molecule has 0 saturated heterocycles. The van der Waals surface area contributed by atoms with Gasteiger partial charge in [0.15, 0.2) is 0 Å². The normalized spacial score (nSPS) is 12.2. The number of unbranched alkanes of at least 4 members (excludes halogenated alkanes) is 1. The van der Waals surface area contributed by atoms with E-state index in [0.29, 0.717) is 17.5 Å². The summed E-state index contributed by atoms with van der Waals surface area (Å²) in [5, 5.41) is 12.5. The first-order valence-corrected chi connectivity index (χ1v) is 6.25. The zero-order valence-corrected chi connectivity index (χ0v) is 10.9. The fourth-order valence-electron chi connectivity index (χ4n) is 1.63. The van der Waals surface area contributed by atoms with Gasteiger partial charge in [0.2, 0.25) is 5.91 Å². The van der Waals surface area contributed by atoms with Gasteiger partial charge in [0.25, 0.3) is 0 Å². The minimum Gasteiger partial charge on any atom is -0.387 e. The van der Waals surface area contributed by atoms with Gasteiger partial charge in [-0.25, -0.2) is 4.39 Å². The maximum atomic E-state index is 13.1. The SMILES string of the molecule is CCCCC(=O)NCC(O)c1ccc(F)c(C)c1. The molecule has 100 valence electrons. The highest BCUT2D eigenvalue weighted by atomic mass is 19.1. The maximum absolute atomic E-state index is 13.1. The van der Waals surface area contributed by atoms with E-state index in [4.69, 9.17) is 0 Å². The summed E-state index contributed by atoms with van der Waals surface area (Å²) in [6.07, 6.45) is 1.49. The van der Waals surface area contributed by atoms with Gasteiger partial charge in [0.1, 0.15) is 5.82 Å². The van der Waals surface area contributed by atoms with Crippen molar-refractivity contribution in [1.82, 2.24) is 5.32 Å². The van der Waals surface area contributed by atoms with E-state index in [1.807, 2.05) is 6.92 Å². The summed E-state index contributed by atoms with van der Waals surface area (Å²) in [5.41, 5.74) is 1.11. The summed E-state index contributed by atoms with van der Waals surface area (Å²) >= 11 is 0. The molecule has 3 nitrogen and oxygen atoms in total. The second kappa shape index (κ2) is 7.11. The highest BCUT2D eigenvalue weighted by Crippen LogP contribution is 2.16. The van der Waals surface area contributed by atoms with Crippen LogP contribution in [-0.2, 0) is 4.79 Å². The van der Waals surface area contributed by atoms with Crippen molar-refractivity contribution in [3.8, 4) is 0 Å². The molecule has 1 atom stereocenters. The van der Waals surface area contributed by atoms with Gasteiger partial charge in [0.05, 0.1) is 6.10 Å². The Kier molecular flexibility index (Phi) is 5.78. The van der Waals surface area contributed by atoms with Crippen LogP contribution in [0.2, 0.25) is 0 Å². The highest BCUT2D eigenvalue weighted by Gasteiger charge is 2.10. The van der Waals surface area contributed by atoms with Gasteiger partial charge < -0.3 is 10.4 Å². The average molecular weight is 253 g/mol. The monoisotopic (exact) mass is 253 g/mol. The molecule has 1 unspecified atom stereocenters.